The minimum Gasteiger partial charge on any atom is -0.378 e. The normalized spacial score (nSPS) is 11.1. The molecule has 0 saturated heterocycles. The van der Waals surface area contributed by atoms with Crippen LogP contribution in [0.5, 0.6) is 0 Å². The Balaban J connectivity index is 1.82. The molecular formula is C15H18N6O7S. The van der Waals surface area contributed by atoms with Crippen molar-refractivity contribution in [3.05, 3.63) is 50.8 Å². The maximum Gasteiger partial charge on any atom is 0.306 e. The lowest BCUT2D eigenvalue weighted by atomic mass is 10.2. The summed E-state index contributed by atoms with van der Waals surface area (Å²) in [6, 6.07) is 3.52. The Bertz CT molecular complexity index is 1030. The van der Waals surface area contributed by atoms with Crippen molar-refractivity contribution in [3.63, 3.8) is 0 Å². The number of hydrogen-bond acceptors (Lipinski definition) is 9. The molecule has 156 valence electrons. The van der Waals surface area contributed by atoms with E-state index in [4.69, 9.17) is 0 Å². The van der Waals surface area contributed by atoms with Gasteiger partial charge >= 0.3 is 5.69 Å². The number of aromatic nitrogens is 2. The van der Waals surface area contributed by atoms with Gasteiger partial charge in [-0.2, -0.15) is 5.10 Å². The number of nitrogens with zero attached hydrogens (tertiary/aromatic N) is 4. The molecule has 2 rings (SSSR count). The Morgan fingerprint density at radius 2 is 1.93 bits per heavy atom. The average Bonchev–Trinajstić information content (AvgIpc) is 3.12. The summed E-state index contributed by atoms with van der Waals surface area (Å²) < 4.78 is 24.3. The van der Waals surface area contributed by atoms with Gasteiger partial charge in [0.15, 0.2) is 9.84 Å². The van der Waals surface area contributed by atoms with Crippen molar-refractivity contribution in [1.29, 1.82) is 0 Å². The molecule has 0 aliphatic heterocycles. The van der Waals surface area contributed by atoms with Crippen molar-refractivity contribution in [3.8, 4) is 0 Å². The first kappa shape index (κ1) is 21.7. The molecule has 0 atom stereocenters. The topological polar surface area (TPSA) is 179 Å². The third kappa shape index (κ3) is 6.24. The van der Waals surface area contributed by atoms with Gasteiger partial charge in [0.2, 0.25) is 5.91 Å². The molecule has 0 aliphatic carbocycles. The van der Waals surface area contributed by atoms with E-state index in [1.165, 1.54) is 23.0 Å². The Morgan fingerprint density at radius 1 is 1.21 bits per heavy atom. The zero-order valence-electron chi connectivity index (χ0n) is 15.3. The van der Waals surface area contributed by atoms with Crippen LogP contribution in [0.3, 0.4) is 0 Å². The second-order valence-corrected chi connectivity index (χ2v) is 7.97. The quantitative estimate of drug-likeness (QED) is 0.314. The molecule has 0 saturated carbocycles. The standard InChI is InChI=1S/C15H18N6O7S/c1-29(27,28)12-2-3-13(14(8-12)21(25)26)16-5-6-17-15(22)4-7-19-10-11(9-18-19)20(23)24/h2-3,8-10,16H,4-7H2,1H3,(H,17,22). The monoisotopic (exact) mass is 426 g/mol. The first-order chi connectivity index (χ1) is 13.6. The Kier molecular flexibility index (Phi) is 6.82. The van der Waals surface area contributed by atoms with E-state index in [1.54, 1.807) is 0 Å². The van der Waals surface area contributed by atoms with Gasteiger partial charge in [0, 0.05) is 38.4 Å². The van der Waals surface area contributed by atoms with E-state index < -0.39 is 19.7 Å². The van der Waals surface area contributed by atoms with Gasteiger partial charge in [0.05, 0.1) is 14.7 Å². The van der Waals surface area contributed by atoms with Crippen LogP contribution in [-0.2, 0) is 21.2 Å². The first-order valence-electron chi connectivity index (χ1n) is 8.24. The molecule has 29 heavy (non-hydrogen) atoms. The molecule has 0 spiro atoms. The molecule has 0 radical (unpaired) electrons. The maximum absolute atomic E-state index is 11.8. The zero-order chi connectivity index (χ0) is 21.6. The summed E-state index contributed by atoms with van der Waals surface area (Å²) in [6.45, 7) is 0.479. The van der Waals surface area contributed by atoms with Gasteiger partial charge < -0.3 is 10.6 Å². The number of rotatable bonds is 10. The molecule has 2 N–H and O–H groups in total. The minimum absolute atomic E-state index is 0.0437. The molecule has 0 fully saturated rings. The van der Waals surface area contributed by atoms with Crippen LogP contribution in [0.15, 0.2) is 35.5 Å². The molecule has 1 aromatic carbocycles. The fraction of sp³-hybridized carbons (Fsp3) is 0.333. The van der Waals surface area contributed by atoms with Crippen molar-refractivity contribution in [2.45, 2.75) is 17.9 Å². The number of sulfone groups is 1. The van der Waals surface area contributed by atoms with Gasteiger partial charge in [-0.15, -0.1) is 0 Å². The highest BCUT2D eigenvalue weighted by Crippen LogP contribution is 2.27. The van der Waals surface area contributed by atoms with Gasteiger partial charge in [-0.3, -0.25) is 29.7 Å². The van der Waals surface area contributed by atoms with Gasteiger partial charge in [-0.25, -0.2) is 8.42 Å². The first-order valence-corrected chi connectivity index (χ1v) is 10.1. The molecular weight excluding hydrogens is 408 g/mol. The summed E-state index contributed by atoms with van der Waals surface area (Å²) in [6.07, 6.45) is 3.30. The van der Waals surface area contributed by atoms with E-state index in [9.17, 15) is 33.4 Å². The zero-order valence-corrected chi connectivity index (χ0v) is 16.1. The van der Waals surface area contributed by atoms with Crippen LogP contribution in [0.4, 0.5) is 17.1 Å². The van der Waals surface area contributed by atoms with E-state index in [1.807, 2.05) is 0 Å². The molecule has 1 heterocycles. The Hall–Kier alpha value is -3.55. The number of aryl methyl sites for hydroxylation is 1. The summed E-state index contributed by atoms with van der Waals surface area (Å²) in [4.78, 5) is 32.1. The van der Waals surface area contributed by atoms with Crippen LogP contribution in [0.25, 0.3) is 0 Å². The number of nitro benzene ring substituents is 1. The molecule has 0 bridgehead atoms. The lowest BCUT2D eigenvalue weighted by Gasteiger charge is -2.09. The molecule has 0 aliphatic rings. The molecule has 13 nitrogen and oxygen atoms in total. The Morgan fingerprint density at radius 3 is 2.52 bits per heavy atom. The number of nitro groups is 2. The maximum atomic E-state index is 11.8. The Labute approximate surface area is 164 Å². The number of hydrogen-bond donors (Lipinski definition) is 2. The molecule has 1 aromatic heterocycles. The summed E-state index contributed by atoms with van der Waals surface area (Å²) in [5, 5.41) is 30.9. The second-order valence-electron chi connectivity index (χ2n) is 5.95. The lowest BCUT2D eigenvalue weighted by molar-refractivity contribution is -0.385. The fourth-order valence-electron chi connectivity index (χ4n) is 2.32. The molecule has 14 heteroatoms. The summed E-state index contributed by atoms with van der Waals surface area (Å²) in [5.41, 5.74) is -0.432. The van der Waals surface area contributed by atoms with Crippen molar-refractivity contribution < 1.29 is 23.1 Å². The predicted molar refractivity (Wildman–Crippen MR) is 101 cm³/mol. The van der Waals surface area contributed by atoms with Crippen molar-refractivity contribution >= 4 is 32.8 Å². The van der Waals surface area contributed by atoms with Crippen molar-refractivity contribution in [2.75, 3.05) is 24.7 Å². The van der Waals surface area contributed by atoms with E-state index >= 15 is 0 Å². The van der Waals surface area contributed by atoms with Crippen LogP contribution in [0, 0.1) is 20.2 Å². The SMILES string of the molecule is CS(=O)(=O)c1ccc(NCCNC(=O)CCn2cc([N+](=O)[O-])cn2)c([N+](=O)[O-])c1. The van der Waals surface area contributed by atoms with Crippen LogP contribution in [0.2, 0.25) is 0 Å². The fourth-order valence-corrected chi connectivity index (χ4v) is 2.96. The van der Waals surface area contributed by atoms with Crippen LogP contribution >= 0.6 is 0 Å². The van der Waals surface area contributed by atoms with E-state index in [-0.39, 0.29) is 53.9 Å². The number of carbonyl (C=O) groups is 1. The van der Waals surface area contributed by atoms with Gasteiger partial charge in [0.25, 0.3) is 5.69 Å². The predicted octanol–water partition coefficient (Wildman–Crippen LogP) is 0.721. The largest absolute Gasteiger partial charge is 0.378 e. The number of nitrogens with one attached hydrogen (secondary N) is 2. The lowest BCUT2D eigenvalue weighted by Crippen LogP contribution is -2.29. The highest BCUT2D eigenvalue weighted by molar-refractivity contribution is 7.90. The van der Waals surface area contributed by atoms with Crippen LogP contribution in [0.1, 0.15) is 6.42 Å². The van der Waals surface area contributed by atoms with E-state index in [0.717, 1.165) is 18.5 Å². The summed E-state index contributed by atoms with van der Waals surface area (Å²) >= 11 is 0. The van der Waals surface area contributed by atoms with Gasteiger partial charge in [-0.1, -0.05) is 0 Å². The number of carbonyl (C=O) groups excluding carboxylic acids is 1. The molecule has 1 amide bonds. The summed E-state index contributed by atoms with van der Waals surface area (Å²) in [7, 11) is -3.58. The third-order valence-corrected chi connectivity index (χ3v) is 4.87. The van der Waals surface area contributed by atoms with Gasteiger partial charge in [-0.05, 0) is 12.1 Å². The molecule has 2 aromatic rings. The highest BCUT2D eigenvalue weighted by atomic mass is 32.2. The van der Waals surface area contributed by atoms with Crippen LogP contribution in [-0.4, -0.2) is 53.3 Å². The molecule has 0 unspecified atom stereocenters. The van der Waals surface area contributed by atoms with E-state index in [2.05, 4.69) is 15.7 Å². The van der Waals surface area contributed by atoms with Gasteiger partial charge in [0.1, 0.15) is 18.1 Å². The second kappa shape index (κ2) is 9.09. The van der Waals surface area contributed by atoms with Crippen LogP contribution < -0.4 is 10.6 Å². The third-order valence-electron chi connectivity index (χ3n) is 3.76. The minimum atomic E-state index is -3.58. The number of anilines is 1. The van der Waals surface area contributed by atoms with E-state index in [0.29, 0.717) is 0 Å². The smallest absolute Gasteiger partial charge is 0.306 e. The van der Waals surface area contributed by atoms with Crippen molar-refractivity contribution in [1.82, 2.24) is 15.1 Å². The highest BCUT2D eigenvalue weighted by Gasteiger charge is 2.18. The summed E-state index contributed by atoms with van der Waals surface area (Å²) in [5.74, 6) is -0.327. The van der Waals surface area contributed by atoms with Crippen molar-refractivity contribution in [2.24, 2.45) is 0 Å². The number of amides is 1. The average molecular weight is 426 g/mol. The number of benzene rings is 1.